The van der Waals surface area contributed by atoms with Gasteiger partial charge < -0.3 is 5.11 Å². The monoisotopic (exact) mass is 540 g/mol. The van der Waals surface area contributed by atoms with Gasteiger partial charge in [-0.3, -0.25) is 0 Å². The second-order valence-corrected chi connectivity index (χ2v) is 11.1. The maximum absolute atomic E-state index is 10.8. The predicted molar refractivity (Wildman–Crippen MR) is 175 cm³/mol. The third kappa shape index (κ3) is 6.37. The topological polar surface area (TPSA) is 20.2 Å². The van der Waals surface area contributed by atoms with Crippen molar-refractivity contribution >= 4 is 0 Å². The fourth-order valence-electron chi connectivity index (χ4n) is 6.19. The summed E-state index contributed by atoms with van der Waals surface area (Å²) in [6, 6.07) is 45.7. The van der Waals surface area contributed by atoms with E-state index in [-0.39, 0.29) is 31.8 Å². The molecule has 0 saturated carbocycles. The van der Waals surface area contributed by atoms with Gasteiger partial charge >= 0.3 is 0 Å². The highest BCUT2D eigenvalue weighted by atomic mass is 16.3. The van der Waals surface area contributed by atoms with Crippen LogP contribution in [-0.4, -0.2) is 5.11 Å². The van der Waals surface area contributed by atoms with E-state index < -0.39 is 0 Å². The molecule has 1 N–H and O–H groups in total. The van der Waals surface area contributed by atoms with Gasteiger partial charge in [-0.1, -0.05) is 163 Å². The minimum absolute atomic E-state index is 0. The fourth-order valence-corrected chi connectivity index (χ4v) is 6.19. The van der Waals surface area contributed by atoms with Crippen LogP contribution in [0.5, 0.6) is 0 Å². The van der Waals surface area contributed by atoms with Gasteiger partial charge in [-0.15, -0.1) is 0 Å². The molecule has 0 bridgehead atoms. The zero-order valence-electron chi connectivity index (χ0n) is 24.1. The molecule has 5 aromatic carbocycles. The van der Waals surface area contributed by atoms with E-state index in [0.29, 0.717) is 5.92 Å². The Morgan fingerprint density at radius 2 is 0.707 bits per heavy atom. The molecule has 0 aliphatic rings. The zero-order valence-corrected chi connectivity index (χ0v) is 24.1. The van der Waals surface area contributed by atoms with Gasteiger partial charge in [0.05, 0.1) is 6.61 Å². The van der Waals surface area contributed by atoms with Gasteiger partial charge in [0.15, 0.2) is 0 Å². The van der Waals surface area contributed by atoms with Crippen LogP contribution in [0, 0.1) is 0 Å². The SMILES string of the molecule is C.CC(c1ccccc1)c1ccccc1C(C)c1cc(C(C)c2ccccc2)c(CO)c(C(C)c2ccccc2)c1. The summed E-state index contributed by atoms with van der Waals surface area (Å²) in [6.45, 7) is 9.19. The second kappa shape index (κ2) is 13.6. The Balaban J connectivity index is 0.00000387. The predicted octanol–water partition coefficient (Wildman–Crippen LogP) is 10.4. The quantitative estimate of drug-likeness (QED) is 0.197. The van der Waals surface area contributed by atoms with Gasteiger partial charge in [-0.05, 0) is 50.1 Å². The molecule has 4 atom stereocenters. The summed E-state index contributed by atoms with van der Waals surface area (Å²) < 4.78 is 0. The van der Waals surface area contributed by atoms with Crippen LogP contribution in [0.15, 0.2) is 127 Å². The van der Waals surface area contributed by atoms with Gasteiger partial charge in [0.25, 0.3) is 0 Å². The Hall–Kier alpha value is -3.94. The number of aliphatic hydroxyl groups is 1. The van der Waals surface area contributed by atoms with Crippen molar-refractivity contribution in [1.29, 1.82) is 0 Å². The van der Waals surface area contributed by atoms with Crippen molar-refractivity contribution < 1.29 is 5.11 Å². The molecule has 5 aromatic rings. The molecule has 0 saturated heterocycles. The van der Waals surface area contributed by atoms with E-state index >= 15 is 0 Å². The summed E-state index contributed by atoms with van der Waals surface area (Å²) >= 11 is 0. The molecular weight excluding hydrogens is 496 g/mol. The molecule has 1 heteroatoms. The lowest BCUT2D eigenvalue weighted by Gasteiger charge is -2.27. The summed E-state index contributed by atoms with van der Waals surface area (Å²) in [6.07, 6.45) is 0. The third-order valence-electron chi connectivity index (χ3n) is 8.76. The van der Waals surface area contributed by atoms with E-state index in [1.165, 1.54) is 44.5 Å². The lowest BCUT2D eigenvalue weighted by molar-refractivity contribution is 0.278. The van der Waals surface area contributed by atoms with Crippen LogP contribution in [0.2, 0.25) is 0 Å². The van der Waals surface area contributed by atoms with Crippen molar-refractivity contribution in [2.75, 3.05) is 0 Å². The van der Waals surface area contributed by atoms with E-state index in [1.807, 2.05) is 0 Å². The zero-order chi connectivity index (χ0) is 28.1. The minimum Gasteiger partial charge on any atom is -0.392 e. The maximum Gasteiger partial charge on any atom is 0.0687 e. The number of hydrogen-bond acceptors (Lipinski definition) is 1. The second-order valence-electron chi connectivity index (χ2n) is 11.1. The molecule has 0 aliphatic heterocycles. The molecule has 5 rings (SSSR count). The number of rotatable bonds is 9. The van der Waals surface area contributed by atoms with Crippen molar-refractivity contribution in [3.05, 3.63) is 177 Å². The smallest absolute Gasteiger partial charge is 0.0687 e. The normalized spacial score (nSPS) is 14.0. The van der Waals surface area contributed by atoms with Gasteiger partial charge in [0, 0.05) is 23.7 Å². The van der Waals surface area contributed by atoms with Crippen LogP contribution in [0.4, 0.5) is 0 Å². The highest BCUT2D eigenvalue weighted by molar-refractivity contribution is 5.51. The Kier molecular flexibility index (Phi) is 9.97. The maximum atomic E-state index is 10.8. The highest BCUT2D eigenvalue weighted by Crippen LogP contribution is 2.40. The van der Waals surface area contributed by atoms with Gasteiger partial charge in [-0.2, -0.15) is 0 Å². The first kappa shape index (κ1) is 30.0. The standard InChI is InChI=1S/C39H40O.CH4/c1-27(31-16-8-5-9-17-31)35-22-14-15-23-36(35)30(4)34-24-37(28(2)32-18-10-6-11-19-32)39(26-40)38(25-34)29(3)33-20-12-7-13-21-33;/h5-25,27-30,40H,26H2,1-4H3;1H4. The lowest BCUT2D eigenvalue weighted by atomic mass is 9.77. The summed E-state index contributed by atoms with van der Waals surface area (Å²) in [4.78, 5) is 0. The van der Waals surface area contributed by atoms with Crippen LogP contribution in [0.3, 0.4) is 0 Å². The van der Waals surface area contributed by atoms with Crippen molar-refractivity contribution in [2.24, 2.45) is 0 Å². The first-order valence-electron chi connectivity index (χ1n) is 14.5. The van der Waals surface area contributed by atoms with Crippen molar-refractivity contribution in [3.8, 4) is 0 Å². The Bertz CT molecular complexity index is 1460. The van der Waals surface area contributed by atoms with Gasteiger partial charge in [0.2, 0.25) is 0 Å². The van der Waals surface area contributed by atoms with E-state index in [0.717, 1.165) is 5.56 Å². The van der Waals surface area contributed by atoms with Crippen LogP contribution < -0.4 is 0 Å². The lowest BCUT2D eigenvalue weighted by Crippen LogP contribution is -2.12. The van der Waals surface area contributed by atoms with Crippen LogP contribution >= 0.6 is 0 Å². The summed E-state index contributed by atoms with van der Waals surface area (Å²) in [5, 5.41) is 10.8. The Labute approximate surface area is 247 Å². The van der Waals surface area contributed by atoms with Crippen molar-refractivity contribution in [3.63, 3.8) is 0 Å². The Morgan fingerprint density at radius 1 is 0.415 bits per heavy atom. The largest absolute Gasteiger partial charge is 0.392 e. The van der Waals surface area contributed by atoms with Crippen LogP contribution in [0.1, 0.15) is 109 Å². The van der Waals surface area contributed by atoms with E-state index in [1.54, 1.807) is 0 Å². The first-order chi connectivity index (χ1) is 19.5. The molecule has 0 fully saturated rings. The first-order valence-corrected chi connectivity index (χ1v) is 14.5. The molecule has 0 spiro atoms. The highest BCUT2D eigenvalue weighted by Gasteiger charge is 2.24. The van der Waals surface area contributed by atoms with E-state index in [9.17, 15) is 5.11 Å². The summed E-state index contributed by atoms with van der Waals surface area (Å²) in [7, 11) is 0. The molecule has 0 amide bonds. The summed E-state index contributed by atoms with van der Waals surface area (Å²) in [5.74, 6) is 0.812. The van der Waals surface area contributed by atoms with Gasteiger partial charge in [0.1, 0.15) is 0 Å². The molecule has 0 aliphatic carbocycles. The van der Waals surface area contributed by atoms with Crippen molar-refractivity contribution in [2.45, 2.75) is 65.4 Å². The van der Waals surface area contributed by atoms with Crippen LogP contribution in [-0.2, 0) is 6.61 Å². The molecule has 4 unspecified atom stereocenters. The molecule has 210 valence electrons. The van der Waals surface area contributed by atoms with Crippen molar-refractivity contribution in [1.82, 2.24) is 0 Å². The third-order valence-corrected chi connectivity index (χ3v) is 8.76. The Morgan fingerprint density at radius 3 is 1.05 bits per heavy atom. The molecule has 41 heavy (non-hydrogen) atoms. The molecular formula is C40H44O. The minimum atomic E-state index is 0. The molecule has 0 radical (unpaired) electrons. The molecule has 0 heterocycles. The van der Waals surface area contributed by atoms with E-state index in [2.05, 4.69) is 155 Å². The van der Waals surface area contributed by atoms with Gasteiger partial charge in [-0.25, -0.2) is 0 Å². The average Bonchev–Trinajstić information content (AvgIpc) is 3.04. The average molecular weight is 541 g/mol. The molecule has 1 nitrogen and oxygen atoms in total. The number of hydrogen-bond donors (Lipinski definition) is 1. The summed E-state index contributed by atoms with van der Waals surface area (Å²) in [5.41, 5.74) is 11.3. The molecule has 0 aromatic heterocycles. The fraction of sp³-hybridized carbons (Fsp3) is 0.250. The van der Waals surface area contributed by atoms with Crippen LogP contribution in [0.25, 0.3) is 0 Å². The number of aliphatic hydroxyl groups excluding tert-OH is 1. The van der Waals surface area contributed by atoms with E-state index in [4.69, 9.17) is 0 Å². The number of benzene rings is 5.